The average molecular weight is 369 g/mol. The van der Waals surface area contributed by atoms with Crippen molar-refractivity contribution >= 4 is 28.4 Å². The number of aromatic nitrogens is 1. The van der Waals surface area contributed by atoms with E-state index in [1.54, 1.807) is 0 Å². The highest BCUT2D eigenvalue weighted by Gasteiger charge is 2.13. The maximum atomic E-state index is 12.3. The summed E-state index contributed by atoms with van der Waals surface area (Å²) in [5, 5.41) is 4.60. The van der Waals surface area contributed by atoms with Crippen molar-refractivity contribution in [3.63, 3.8) is 0 Å². The summed E-state index contributed by atoms with van der Waals surface area (Å²) in [5.74, 6) is -0.164. The molecule has 0 saturated heterocycles. The van der Waals surface area contributed by atoms with Crippen LogP contribution >= 0.6 is 11.6 Å². The van der Waals surface area contributed by atoms with E-state index in [-0.39, 0.29) is 17.4 Å². The van der Waals surface area contributed by atoms with Crippen LogP contribution in [-0.2, 0) is 17.6 Å². The highest BCUT2D eigenvalue weighted by atomic mass is 35.5. The van der Waals surface area contributed by atoms with Gasteiger partial charge in [-0.25, -0.2) is 0 Å². The van der Waals surface area contributed by atoms with Gasteiger partial charge in [0.25, 0.3) is 5.56 Å². The minimum Gasteiger partial charge on any atom is -0.356 e. The second-order valence-corrected chi connectivity index (χ2v) is 6.92. The fraction of sp³-hybridized carbons (Fsp3) is 0.238. The van der Waals surface area contributed by atoms with Crippen LogP contribution in [0.15, 0.2) is 59.4 Å². The number of carbonyl (C=O) groups excluding carboxylic acids is 1. The summed E-state index contributed by atoms with van der Waals surface area (Å²) in [6.45, 7) is 2.33. The van der Waals surface area contributed by atoms with Crippen LogP contribution in [0.1, 0.15) is 18.1 Å². The zero-order valence-corrected chi connectivity index (χ0v) is 15.3. The van der Waals surface area contributed by atoms with Crippen molar-refractivity contribution in [2.45, 2.75) is 19.8 Å². The number of rotatable bonds is 6. The first kappa shape index (κ1) is 18.2. The van der Waals surface area contributed by atoms with Gasteiger partial charge in [0.15, 0.2) is 0 Å². The van der Waals surface area contributed by atoms with Gasteiger partial charge in [0.2, 0.25) is 5.91 Å². The minimum atomic E-state index is -0.147. The lowest BCUT2D eigenvalue weighted by Crippen LogP contribution is -2.32. The third-order valence-corrected chi connectivity index (χ3v) is 4.68. The van der Waals surface area contributed by atoms with Crippen LogP contribution in [0.4, 0.5) is 0 Å². The molecule has 4 nitrogen and oxygen atoms in total. The maximum Gasteiger partial charge on any atom is 0.251 e. The maximum absolute atomic E-state index is 12.3. The summed E-state index contributed by atoms with van der Waals surface area (Å²) in [7, 11) is 0. The van der Waals surface area contributed by atoms with Crippen molar-refractivity contribution in [1.82, 2.24) is 10.3 Å². The SMILES string of the molecule is CC(Cc1ccc(Cl)cc1)C(=O)NCCc1cc2ccccc2[nH]c1=O. The Morgan fingerprint density at radius 2 is 1.88 bits per heavy atom. The number of nitrogens with one attached hydrogen (secondary N) is 2. The van der Waals surface area contributed by atoms with E-state index in [1.165, 1.54) is 0 Å². The number of hydrogen-bond acceptors (Lipinski definition) is 2. The molecule has 2 N–H and O–H groups in total. The fourth-order valence-electron chi connectivity index (χ4n) is 2.94. The fourth-order valence-corrected chi connectivity index (χ4v) is 3.07. The number of benzene rings is 2. The van der Waals surface area contributed by atoms with Gasteiger partial charge in [0.05, 0.1) is 0 Å². The molecule has 0 fully saturated rings. The van der Waals surface area contributed by atoms with Gasteiger partial charge in [-0.1, -0.05) is 48.9 Å². The summed E-state index contributed by atoms with van der Waals surface area (Å²) in [6.07, 6.45) is 1.15. The van der Waals surface area contributed by atoms with Crippen molar-refractivity contribution < 1.29 is 4.79 Å². The summed E-state index contributed by atoms with van der Waals surface area (Å²) in [6, 6.07) is 17.1. The normalized spacial score (nSPS) is 12.1. The Kier molecular flexibility index (Phi) is 5.74. The van der Waals surface area contributed by atoms with Gasteiger partial charge in [-0.05, 0) is 48.1 Å². The topological polar surface area (TPSA) is 62.0 Å². The van der Waals surface area contributed by atoms with Crippen molar-refractivity contribution in [3.8, 4) is 0 Å². The summed E-state index contributed by atoms with van der Waals surface area (Å²) >= 11 is 5.88. The Hall–Kier alpha value is -2.59. The van der Waals surface area contributed by atoms with Crippen molar-refractivity contribution in [3.05, 3.63) is 81.1 Å². The van der Waals surface area contributed by atoms with Crippen LogP contribution in [0.3, 0.4) is 0 Å². The Balaban J connectivity index is 1.55. The van der Waals surface area contributed by atoms with Crippen LogP contribution in [0, 0.1) is 5.92 Å². The number of halogens is 1. The van der Waals surface area contributed by atoms with Gasteiger partial charge in [-0.2, -0.15) is 0 Å². The number of fused-ring (bicyclic) bond motifs is 1. The highest BCUT2D eigenvalue weighted by molar-refractivity contribution is 6.30. The number of hydrogen-bond donors (Lipinski definition) is 2. The molecule has 134 valence electrons. The Bertz CT molecular complexity index is 964. The first-order chi connectivity index (χ1) is 12.5. The molecule has 1 unspecified atom stereocenters. The lowest BCUT2D eigenvalue weighted by Gasteiger charge is -2.12. The number of H-pyrrole nitrogens is 1. The molecule has 0 aliphatic heterocycles. The molecule has 1 amide bonds. The van der Waals surface area contributed by atoms with Crippen LogP contribution in [0.2, 0.25) is 5.02 Å². The lowest BCUT2D eigenvalue weighted by atomic mass is 10.0. The largest absolute Gasteiger partial charge is 0.356 e. The molecular weight excluding hydrogens is 348 g/mol. The molecule has 0 saturated carbocycles. The molecule has 0 bridgehead atoms. The molecule has 1 heterocycles. The van der Waals surface area contributed by atoms with E-state index < -0.39 is 0 Å². The highest BCUT2D eigenvalue weighted by Crippen LogP contribution is 2.14. The molecule has 2 aromatic carbocycles. The molecule has 0 aliphatic rings. The minimum absolute atomic E-state index is 0.0165. The van der Waals surface area contributed by atoms with E-state index >= 15 is 0 Å². The molecule has 0 aliphatic carbocycles. The van der Waals surface area contributed by atoms with Gasteiger partial charge < -0.3 is 10.3 Å². The molecule has 3 aromatic rings. The molecule has 0 spiro atoms. The molecule has 1 atom stereocenters. The number of amides is 1. The lowest BCUT2D eigenvalue weighted by molar-refractivity contribution is -0.124. The second-order valence-electron chi connectivity index (χ2n) is 6.48. The standard InChI is InChI=1S/C21H21ClN2O2/c1-14(12-15-6-8-18(22)9-7-15)20(25)23-11-10-17-13-16-4-2-3-5-19(16)24-21(17)26/h2-9,13-14H,10-12H2,1H3,(H,23,25)(H,24,26). The van der Waals surface area contributed by atoms with Gasteiger partial charge in [0.1, 0.15) is 0 Å². The second kappa shape index (κ2) is 8.19. The van der Waals surface area contributed by atoms with Gasteiger partial charge in [-0.15, -0.1) is 0 Å². The van der Waals surface area contributed by atoms with Crippen molar-refractivity contribution in [1.29, 1.82) is 0 Å². The monoisotopic (exact) mass is 368 g/mol. The molecule has 3 rings (SSSR count). The zero-order valence-electron chi connectivity index (χ0n) is 14.6. The van der Waals surface area contributed by atoms with Gasteiger partial charge in [-0.3, -0.25) is 9.59 Å². The molecule has 1 aromatic heterocycles. The van der Waals surface area contributed by atoms with E-state index in [2.05, 4.69) is 10.3 Å². The van der Waals surface area contributed by atoms with Crippen LogP contribution in [-0.4, -0.2) is 17.4 Å². The van der Waals surface area contributed by atoms with E-state index in [0.717, 1.165) is 16.5 Å². The number of para-hydroxylation sites is 1. The van der Waals surface area contributed by atoms with Gasteiger partial charge in [0, 0.05) is 28.6 Å². The van der Waals surface area contributed by atoms with Crippen LogP contribution in [0.5, 0.6) is 0 Å². The smallest absolute Gasteiger partial charge is 0.251 e. The first-order valence-corrected chi connectivity index (χ1v) is 9.04. The van der Waals surface area contributed by atoms with Crippen LogP contribution < -0.4 is 10.9 Å². The Morgan fingerprint density at radius 3 is 2.65 bits per heavy atom. The zero-order chi connectivity index (χ0) is 18.5. The molecular formula is C21H21ClN2O2. The Morgan fingerprint density at radius 1 is 1.15 bits per heavy atom. The van der Waals surface area contributed by atoms with Gasteiger partial charge >= 0.3 is 0 Å². The summed E-state index contributed by atoms with van der Waals surface area (Å²) in [4.78, 5) is 27.3. The predicted molar refractivity (Wildman–Crippen MR) is 106 cm³/mol. The van der Waals surface area contributed by atoms with Crippen molar-refractivity contribution in [2.24, 2.45) is 5.92 Å². The first-order valence-electron chi connectivity index (χ1n) is 8.66. The summed E-state index contributed by atoms with van der Waals surface area (Å²) in [5.41, 5.74) is 2.46. The van der Waals surface area contributed by atoms with Crippen LogP contribution in [0.25, 0.3) is 10.9 Å². The number of aromatic amines is 1. The third kappa shape index (κ3) is 4.52. The summed E-state index contributed by atoms with van der Waals surface area (Å²) < 4.78 is 0. The van der Waals surface area contributed by atoms with E-state index in [0.29, 0.717) is 30.0 Å². The quantitative estimate of drug-likeness (QED) is 0.696. The van der Waals surface area contributed by atoms with E-state index in [9.17, 15) is 9.59 Å². The number of pyridine rings is 1. The molecule has 26 heavy (non-hydrogen) atoms. The average Bonchev–Trinajstić information content (AvgIpc) is 2.63. The van der Waals surface area contributed by atoms with E-state index in [4.69, 9.17) is 11.6 Å². The predicted octanol–water partition coefficient (Wildman–Crippen LogP) is 3.72. The number of carbonyl (C=O) groups is 1. The van der Waals surface area contributed by atoms with Crippen molar-refractivity contribution in [2.75, 3.05) is 6.54 Å². The molecule has 5 heteroatoms. The van der Waals surface area contributed by atoms with E-state index in [1.807, 2.05) is 61.5 Å². The molecule has 0 radical (unpaired) electrons. The third-order valence-electron chi connectivity index (χ3n) is 4.43. The Labute approximate surface area is 157 Å².